The van der Waals surface area contributed by atoms with Crippen LogP contribution in [0.4, 0.5) is 0 Å². The maximum Gasteiger partial charge on any atom is 0.0538 e. The number of ether oxygens (including phenoxy) is 5. The summed E-state index contributed by atoms with van der Waals surface area (Å²) in [5, 5.41) is 0. The van der Waals surface area contributed by atoms with Crippen LogP contribution in [-0.2, 0) is 23.7 Å². The fourth-order valence-electron chi connectivity index (χ4n) is 1.89. The van der Waals surface area contributed by atoms with Gasteiger partial charge in [-0.25, -0.2) is 0 Å². The van der Waals surface area contributed by atoms with Crippen molar-refractivity contribution in [2.75, 3.05) is 67.6 Å². The van der Waals surface area contributed by atoms with Crippen LogP contribution >= 0.6 is 0 Å². The molecule has 0 aromatic heterocycles. The van der Waals surface area contributed by atoms with E-state index in [0.717, 1.165) is 19.4 Å². The van der Waals surface area contributed by atoms with Gasteiger partial charge < -0.3 is 23.7 Å². The largest absolute Gasteiger partial charge is 0.384 e. The minimum atomic E-state index is 0.272. The lowest BCUT2D eigenvalue weighted by Gasteiger charge is -2.19. The van der Waals surface area contributed by atoms with E-state index in [0.29, 0.717) is 39.6 Å². The fraction of sp³-hybridized carbons (Fsp3) is 1.00. The molecule has 5 heteroatoms. The summed E-state index contributed by atoms with van der Waals surface area (Å²) < 4.78 is 26.9. The van der Waals surface area contributed by atoms with Crippen LogP contribution in [0.2, 0.25) is 0 Å². The molecule has 0 spiro atoms. The van der Waals surface area contributed by atoms with Crippen LogP contribution in [0.5, 0.6) is 0 Å². The number of hydrogen-bond donors (Lipinski definition) is 0. The molecule has 0 aliphatic carbocycles. The highest BCUT2D eigenvalue weighted by Gasteiger charge is 2.13. The van der Waals surface area contributed by atoms with E-state index >= 15 is 0 Å². The maximum atomic E-state index is 5.75. The second-order valence-electron chi connectivity index (χ2n) is 5.06. The first-order valence-electron chi connectivity index (χ1n) is 7.40. The van der Waals surface area contributed by atoms with Gasteiger partial charge >= 0.3 is 0 Å². The minimum Gasteiger partial charge on any atom is -0.384 e. The molecule has 0 rings (SSSR count). The second-order valence-corrected chi connectivity index (χ2v) is 5.06. The van der Waals surface area contributed by atoms with Crippen LogP contribution in [0.1, 0.15) is 19.8 Å². The Morgan fingerprint density at radius 3 is 1.55 bits per heavy atom. The normalized spacial score (nSPS) is 13.1. The molecule has 0 saturated heterocycles. The number of methoxy groups -OCH3 is 3. The molecule has 0 aromatic carbocycles. The van der Waals surface area contributed by atoms with Gasteiger partial charge in [0.2, 0.25) is 0 Å². The third-order valence-electron chi connectivity index (χ3n) is 2.91. The van der Waals surface area contributed by atoms with E-state index < -0.39 is 0 Å². The highest BCUT2D eigenvalue weighted by molar-refractivity contribution is 4.59. The van der Waals surface area contributed by atoms with Crippen molar-refractivity contribution in [1.82, 2.24) is 0 Å². The fourth-order valence-corrected chi connectivity index (χ4v) is 1.89. The molecule has 0 saturated carbocycles. The third-order valence-corrected chi connectivity index (χ3v) is 2.91. The average Bonchev–Trinajstić information content (AvgIpc) is 2.44. The average molecular weight is 292 g/mol. The van der Waals surface area contributed by atoms with E-state index in [4.69, 9.17) is 23.7 Å². The molecule has 0 heterocycles. The van der Waals surface area contributed by atoms with Crippen molar-refractivity contribution in [3.05, 3.63) is 0 Å². The first-order chi connectivity index (χ1) is 9.78. The molecule has 0 aliphatic heterocycles. The van der Waals surface area contributed by atoms with Crippen LogP contribution in [0.3, 0.4) is 0 Å². The van der Waals surface area contributed by atoms with E-state index in [-0.39, 0.29) is 11.8 Å². The van der Waals surface area contributed by atoms with Crippen molar-refractivity contribution in [1.29, 1.82) is 0 Å². The quantitative estimate of drug-likeness (QED) is 0.432. The van der Waals surface area contributed by atoms with Gasteiger partial charge in [-0.3, -0.25) is 0 Å². The van der Waals surface area contributed by atoms with Crippen LogP contribution in [0, 0.1) is 11.8 Å². The molecular formula is C15H32O5. The van der Waals surface area contributed by atoms with Gasteiger partial charge in [0.15, 0.2) is 0 Å². The number of hydrogen-bond acceptors (Lipinski definition) is 5. The summed E-state index contributed by atoms with van der Waals surface area (Å²) in [5.74, 6) is 0.553. The van der Waals surface area contributed by atoms with Crippen LogP contribution in [0.15, 0.2) is 0 Å². The Labute approximate surface area is 123 Å². The first kappa shape index (κ1) is 19.8. The number of rotatable bonds is 15. The molecule has 0 aromatic rings. The van der Waals surface area contributed by atoms with E-state index in [1.54, 1.807) is 21.3 Å². The summed E-state index contributed by atoms with van der Waals surface area (Å²) >= 11 is 0. The molecule has 0 radical (unpaired) electrons. The van der Waals surface area contributed by atoms with Gasteiger partial charge in [0.1, 0.15) is 0 Å². The predicted octanol–water partition coefficient (Wildman–Crippen LogP) is 1.99. The molecule has 1 unspecified atom stereocenters. The first-order valence-corrected chi connectivity index (χ1v) is 7.40. The summed E-state index contributed by atoms with van der Waals surface area (Å²) in [6.07, 6.45) is 2.26. The van der Waals surface area contributed by atoms with Crippen LogP contribution in [-0.4, -0.2) is 67.6 Å². The molecule has 0 bridgehead atoms. The smallest absolute Gasteiger partial charge is 0.0538 e. The highest BCUT2D eigenvalue weighted by Crippen LogP contribution is 2.04. The molecule has 20 heavy (non-hydrogen) atoms. The van der Waals surface area contributed by atoms with E-state index in [2.05, 4.69) is 6.92 Å². The molecule has 0 N–H and O–H groups in total. The van der Waals surface area contributed by atoms with Crippen molar-refractivity contribution < 1.29 is 23.7 Å². The van der Waals surface area contributed by atoms with Crippen molar-refractivity contribution in [2.45, 2.75) is 19.8 Å². The lowest BCUT2D eigenvalue weighted by atomic mass is 10.2. The highest BCUT2D eigenvalue weighted by atomic mass is 16.5. The minimum absolute atomic E-state index is 0.272. The summed E-state index contributed by atoms with van der Waals surface area (Å²) in [6, 6.07) is 0. The van der Waals surface area contributed by atoms with Gasteiger partial charge in [-0.05, 0) is 6.42 Å². The zero-order chi connectivity index (χ0) is 15.1. The molecule has 0 fully saturated rings. The van der Waals surface area contributed by atoms with Gasteiger partial charge in [-0.1, -0.05) is 13.3 Å². The van der Waals surface area contributed by atoms with Gasteiger partial charge in [-0.15, -0.1) is 0 Å². The predicted molar refractivity (Wildman–Crippen MR) is 79.2 cm³/mol. The standard InChI is InChI=1S/C15H32O5/c1-5-6-7-19-11-15(10-18-4)13-20-12-14(8-16-2)9-17-3/h14-15H,5-13H2,1-4H3. The molecule has 122 valence electrons. The molecule has 5 nitrogen and oxygen atoms in total. The van der Waals surface area contributed by atoms with Crippen molar-refractivity contribution in [3.8, 4) is 0 Å². The van der Waals surface area contributed by atoms with E-state index in [1.165, 1.54) is 0 Å². The summed E-state index contributed by atoms with van der Waals surface area (Å²) in [6.45, 7) is 6.89. The Bertz CT molecular complexity index is 183. The lowest BCUT2D eigenvalue weighted by Crippen LogP contribution is -2.26. The monoisotopic (exact) mass is 292 g/mol. The molecule has 0 aliphatic rings. The van der Waals surface area contributed by atoms with Gasteiger partial charge in [0.25, 0.3) is 0 Å². The van der Waals surface area contributed by atoms with Crippen molar-refractivity contribution in [3.63, 3.8) is 0 Å². The van der Waals surface area contributed by atoms with Crippen LogP contribution < -0.4 is 0 Å². The molecular weight excluding hydrogens is 260 g/mol. The third kappa shape index (κ3) is 11.6. The Balaban J connectivity index is 3.81. The van der Waals surface area contributed by atoms with Crippen molar-refractivity contribution >= 4 is 0 Å². The van der Waals surface area contributed by atoms with Gasteiger partial charge in [-0.2, -0.15) is 0 Å². The topological polar surface area (TPSA) is 46.2 Å². The van der Waals surface area contributed by atoms with Crippen LogP contribution in [0.25, 0.3) is 0 Å². The summed E-state index contributed by atoms with van der Waals surface area (Å²) in [7, 11) is 5.09. The Morgan fingerprint density at radius 2 is 1.10 bits per heavy atom. The van der Waals surface area contributed by atoms with Crippen molar-refractivity contribution in [2.24, 2.45) is 11.8 Å². The Kier molecular flexibility index (Phi) is 15.0. The lowest BCUT2D eigenvalue weighted by molar-refractivity contribution is -0.0231. The molecule has 1 atom stereocenters. The SMILES string of the molecule is CCCCOCC(COC)COCC(COC)COC. The zero-order valence-electron chi connectivity index (χ0n) is 13.6. The Morgan fingerprint density at radius 1 is 0.650 bits per heavy atom. The molecule has 0 amide bonds. The summed E-state index contributed by atoms with van der Waals surface area (Å²) in [5.41, 5.74) is 0. The summed E-state index contributed by atoms with van der Waals surface area (Å²) in [4.78, 5) is 0. The van der Waals surface area contributed by atoms with E-state index in [1.807, 2.05) is 0 Å². The van der Waals surface area contributed by atoms with Gasteiger partial charge in [0.05, 0.1) is 39.6 Å². The maximum absolute atomic E-state index is 5.75. The number of unbranched alkanes of at least 4 members (excludes halogenated alkanes) is 1. The zero-order valence-corrected chi connectivity index (χ0v) is 13.6. The van der Waals surface area contributed by atoms with Gasteiger partial charge in [0, 0.05) is 39.8 Å². The van der Waals surface area contributed by atoms with E-state index in [9.17, 15) is 0 Å². The Hall–Kier alpha value is -0.200. The second kappa shape index (κ2) is 15.2.